The summed E-state index contributed by atoms with van der Waals surface area (Å²) in [6.45, 7) is 1.07. The average Bonchev–Trinajstić information content (AvgIpc) is 2.99. The van der Waals surface area contributed by atoms with E-state index in [4.69, 9.17) is 4.52 Å². The molecule has 0 radical (unpaired) electrons. The molecule has 0 aliphatic carbocycles. The first-order valence-electron chi connectivity index (χ1n) is 7.25. The number of nitrogens with one attached hydrogen (secondary N) is 2. The molecule has 0 aliphatic rings. The Kier molecular flexibility index (Phi) is 5.80. The van der Waals surface area contributed by atoms with E-state index < -0.39 is 10.0 Å². The first-order valence-corrected chi connectivity index (χ1v) is 9.14. The lowest BCUT2D eigenvalue weighted by Crippen LogP contribution is -2.38. The summed E-state index contributed by atoms with van der Waals surface area (Å²) in [6, 6.07) is 8.98. The van der Waals surface area contributed by atoms with Gasteiger partial charge in [0.05, 0.1) is 12.8 Å². The van der Waals surface area contributed by atoms with Crippen LogP contribution >= 0.6 is 0 Å². The SMILES string of the molecule is CN=C(NCc1cccc(NS(C)(=O)=O)c1)N(C)Cc1ccon1. The molecular weight excluding hydrogens is 330 g/mol. The maximum atomic E-state index is 11.3. The highest BCUT2D eigenvalue weighted by molar-refractivity contribution is 7.92. The van der Waals surface area contributed by atoms with Crippen molar-refractivity contribution >= 4 is 21.7 Å². The Balaban J connectivity index is 1.97. The maximum Gasteiger partial charge on any atom is 0.229 e. The zero-order valence-corrected chi connectivity index (χ0v) is 14.7. The third kappa shape index (κ3) is 5.58. The summed E-state index contributed by atoms with van der Waals surface area (Å²) in [5.41, 5.74) is 2.27. The number of nitrogens with zero attached hydrogens (tertiary/aromatic N) is 3. The predicted molar refractivity (Wildman–Crippen MR) is 93.1 cm³/mol. The molecule has 0 aliphatic heterocycles. The predicted octanol–water partition coefficient (Wildman–Crippen LogP) is 1.25. The molecule has 0 unspecified atom stereocenters. The molecule has 0 spiro atoms. The molecule has 1 heterocycles. The first-order chi connectivity index (χ1) is 11.4. The van der Waals surface area contributed by atoms with Crippen molar-refractivity contribution in [3.63, 3.8) is 0 Å². The Labute approximate surface area is 141 Å². The topological polar surface area (TPSA) is 99.8 Å². The van der Waals surface area contributed by atoms with Crippen LogP contribution in [0, 0.1) is 0 Å². The molecule has 0 saturated heterocycles. The van der Waals surface area contributed by atoms with E-state index in [0.717, 1.165) is 17.5 Å². The monoisotopic (exact) mass is 351 g/mol. The van der Waals surface area contributed by atoms with Gasteiger partial charge >= 0.3 is 0 Å². The molecule has 24 heavy (non-hydrogen) atoms. The van der Waals surface area contributed by atoms with Gasteiger partial charge in [-0.25, -0.2) is 8.42 Å². The number of anilines is 1. The van der Waals surface area contributed by atoms with Crippen LogP contribution in [0.25, 0.3) is 0 Å². The van der Waals surface area contributed by atoms with Crippen LogP contribution in [0.15, 0.2) is 46.1 Å². The largest absolute Gasteiger partial charge is 0.364 e. The van der Waals surface area contributed by atoms with Crippen LogP contribution in [-0.4, -0.2) is 44.8 Å². The minimum absolute atomic E-state index is 0.509. The highest BCUT2D eigenvalue weighted by atomic mass is 32.2. The Hall–Kier alpha value is -2.55. The quantitative estimate of drug-likeness (QED) is 0.600. The molecule has 0 bridgehead atoms. The summed E-state index contributed by atoms with van der Waals surface area (Å²) >= 11 is 0. The molecule has 2 aromatic rings. The molecule has 0 saturated carbocycles. The number of benzene rings is 1. The molecule has 0 fully saturated rings. The van der Waals surface area contributed by atoms with Crippen molar-refractivity contribution in [1.29, 1.82) is 0 Å². The van der Waals surface area contributed by atoms with Gasteiger partial charge in [0.15, 0.2) is 5.96 Å². The van der Waals surface area contributed by atoms with Crippen LogP contribution in [0.1, 0.15) is 11.3 Å². The zero-order chi connectivity index (χ0) is 17.6. The van der Waals surface area contributed by atoms with E-state index >= 15 is 0 Å². The summed E-state index contributed by atoms with van der Waals surface area (Å²) < 4.78 is 29.9. The van der Waals surface area contributed by atoms with Crippen molar-refractivity contribution in [2.24, 2.45) is 4.99 Å². The van der Waals surface area contributed by atoms with Crippen molar-refractivity contribution in [2.75, 3.05) is 25.1 Å². The Bertz CT molecular complexity index is 787. The summed E-state index contributed by atoms with van der Waals surface area (Å²) in [5.74, 6) is 0.694. The summed E-state index contributed by atoms with van der Waals surface area (Å²) in [6.07, 6.45) is 2.65. The molecule has 0 atom stereocenters. The normalized spacial score (nSPS) is 12.0. The van der Waals surface area contributed by atoms with Crippen molar-refractivity contribution in [3.05, 3.63) is 47.9 Å². The highest BCUT2D eigenvalue weighted by Gasteiger charge is 2.09. The molecule has 1 aromatic heterocycles. The van der Waals surface area contributed by atoms with Crippen LogP contribution < -0.4 is 10.0 Å². The van der Waals surface area contributed by atoms with Crippen LogP contribution in [0.3, 0.4) is 0 Å². The van der Waals surface area contributed by atoms with Crippen LogP contribution in [0.2, 0.25) is 0 Å². The van der Waals surface area contributed by atoms with E-state index in [1.807, 2.05) is 18.0 Å². The number of hydrogen-bond acceptors (Lipinski definition) is 5. The Morgan fingerprint density at radius 3 is 2.79 bits per heavy atom. The second kappa shape index (κ2) is 7.82. The molecule has 1 aromatic carbocycles. The lowest BCUT2D eigenvalue weighted by Gasteiger charge is -2.21. The van der Waals surface area contributed by atoms with Gasteiger partial charge in [-0.1, -0.05) is 17.3 Å². The highest BCUT2D eigenvalue weighted by Crippen LogP contribution is 2.12. The average molecular weight is 351 g/mol. The van der Waals surface area contributed by atoms with Crippen molar-refractivity contribution < 1.29 is 12.9 Å². The van der Waals surface area contributed by atoms with Crippen LogP contribution in [-0.2, 0) is 23.1 Å². The fourth-order valence-electron chi connectivity index (χ4n) is 2.16. The van der Waals surface area contributed by atoms with Gasteiger partial charge in [-0.15, -0.1) is 0 Å². The fraction of sp³-hybridized carbons (Fsp3) is 0.333. The number of guanidine groups is 1. The van der Waals surface area contributed by atoms with Gasteiger partial charge in [0.25, 0.3) is 0 Å². The van der Waals surface area contributed by atoms with Gasteiger partial charge in [0, 0.05) is 32.4 Å². The summed E-state index contributed by atoms with van der Waals surface area (Å²) in [4.78, 5) is 6.14. The molecular formula is C15H21N5O3S. The lowest BCUT2D eigenvalue weighted by atomic mass is 10.2. The number of hydrogen-bond donors (Lipinski definition) is 2. The Morgan fingerprint density at radius 1 is 1.38 bits per heavy atom. The molecule has 8 nitrogen and oxygen atoms in total. The van der Waals surface area contributed by atoms with E-state index in [9.17, 15) is 8.42 Å². The lowest BCUT2D eigenvalue weighted by molar-refractivity contribution is 0.391. The van der Waals surface area contributed by atoms with Crippen molar-refractivity contribution in [1.82, 2.24) is 15.4 Å². The maximum absolute atomic E-state index is 11.3. The van der Waals surface area contributed by atoms with Crippen molar-refractivity contribution in [3.8, 4) is 0 Å². The minimum Gasteiger partial charge on any atom is -0.364 e. The van der Waals surface area contributed by atoms with E-state index in [2.05, 4.69) is 20.2 Å². The van der Waals surface area contributed by atoms with E-state index in [-0.39, 0.29) is 0 Å². The summed E-state index contributed by atoms with van der Waals surface area (Å²) in [5, 5.41) is 7.10. The molecule has 0 amide bonds. The third-order valence-corrected chi connectivity index (χ3v) is 3.75. The smallest absolute Gasteiger partial charge is 0.229 e. The van der Waals surface area contributed by atoms with Crippen LogP contribution in [0.4, 0.5) is 5.69 Å². The number of rotatable bonds is 6. The number of aromatic nitrogens is 1. The second-order valence-corrected chi connectivity index (χ2v) is 7.07. The standard InChI is InChI=1S/C15H21N5O3S/c1-16-15(20(2)11-14-7-8-23-18-14)17-10-12-5-4-6-13(9-12)19-24(3,21)22/h4-9,19H,10-11H2,1-3H3,(H,16,17). The fourth-order valence-corrected chi connectivity index (χ4v) is 2.72. The number of sulfonamides is 1. The van der Waals surface area contributed by atoms with E-state index in [1.165, 1.54) is 6.26 Å². The van der Waals surface area contributed by atoms with Gasteiger partial charge in [-0.05, 0) is 17.7 Å². The second-order valence-electron chi connectivity index (χ2n) is 5.32. The molecule has 2 N–H and O–H groups in total. The minimum atomic E-state index is -3.29. The molecule has 130 valence electrons. The van der Waals surface area contributed by atoms with E-state index in [0.29, 0.717) is 24.7 Å². The van der Waals surface area contributed by atoms with Gasteiger partial charge in [0.1, 0.15) is 12.0 Å². The molecule has 2 rings (SSSR count). The third-order valence-electron chi connectivity index (χ3n) is 3.14. The number of aliphatic imine (C=N–C) groups is 1. The van der Waals surface area contributed by atoms with Crippen LogP contribution in [0.5, 0.6) is 0 Å². The van der Waals surface area contributed by atoms with Crippen molar-refractivity contribution in [2.45, 2.75) is 13.1 Å². The first kappa shape index (κ1) is 17.8. The Morgan fingerprint density at radius 2 is 2.17 bits per heavy atom. The van der Waals surface area contributed by atoms with Gasteiger partial charge in [-0.2, -0.15) is 0 Å². The van der Waals surface area contributed by atoms with Gasteiger partial charge < -0.3 is 14.7 Å². The summed E-state index contributed by atoms with van der Waals surface area (Å²) in [7, 11) is 0.302. The van der Waals surface area contributed by atoms with Gasteiger partial charge in [-0.3, -0.25) is 9.71 Å². The van der Waals surface area contributed by atoms with E-state index in [1.54, 1.807) is 31.3 Å². The molecule has 9 heteroatoms. The zero-order valence-electron chi connectivity index (χ0n) is 13.9. The van der Waals surface area contributed by atoms with Gasteiger partial charge in [0.2, 0.25) is 10.0 Å².